The van der Waals surface area contributed by atoms with Gasteiger partial charge in [0, 0.05) is 7.05 Å². The molecule has 0 aromatic heterocycles. The molecule has 1 N–H and O–H groups in total. The Hall–Kier alpha value is -0.790. The second-order valence-electron chi connectivity index (χ2n) is 4.99. The maximum atomic E-state index is 10.9. The molecule has 0 saturated heterocycles. The number of carbonyl (C=O) groups excluding carboxylic acids is 1. The van der Waals surface area contributed by atoms with E-state index >= 15 is 0 Å². The molecule has 0 aromatic carbocycles. The van der Waals surface area contributed by atoms with Crippen LogP contribution in [0, 0.1) is 0 Å². The van der Waals surface area contributed by atoms with Crippen molar-refractivity contribution in [2.75, 3.05) is 7.05 Å². The third-order valence-corrected chi connectivity index (χ3v) is 3.24. The zero-order valence-corrected chi connectivity index (χ0v) is 12.3. The molecule has 18 heavy (non-hydrogen) atoms. The van der Waals surface area contributed by atoms with E-state index in [9.17, 15) is 4.79 Å². The number of rotatable bonds is 12. The Morgan fingerprint density at radius 2 is 1.39 bits per heavy atom. The highest BCUT2D eigenvalue weighted by Crippen LogP contribution is 2.11. The van der Waals surface area contributed by atoms with Crippen LogP contribution < -0.4 is 5.32 Å². The first kappa shape index (κ1) is 17.2. The van der Waals surface area contributed by atoms with E-state index in [1.807, 2.05) is 6.08 Å². The highest BCUT2D eigenvalue weighted by Gasteiger charge is 1.92. The van der Waals surface area contributed by atoms with Gasteiger partial charge in [-0.15, -0.1) is 0 Å². The maximum Gasteiger partial charge on any atom is 0.243 e. The molecule has 0 fully saturated rings. The van der Waals surface area contributed by atoms with Crippen molar-refractivity contribution >= 4 is 5.91 Å². The SMILES string of the molecule is CCCCCCCCCCCCC=CC(=O)NC. The van der Waals surface area contributed by atoms with Gasteiger partial charge in [0.1, 0.15) is 0 Å². The van der Waals surface area contributed by atoms with Crippen molar-refractivity contribution < 1.29 is 4.79 Å². The van der Waals surface area contributed by atoms with Gasteiger partial charge in [-0.2, -0.15) is 0 Å². The molecular formula is C16H31NO. The van der Waals surface area contributed by atoms with E-state index in [0.717, 1.165) is 6.42 Å². The van der Waals surface area contributed by atoms with Crippen LogP contribution in [-0.4, -0.2) is 13.0 Å². The lowest BCUT2D eigenvalue weighted by molar-refractivity contribution is -0.116. The summed E-state index contributed by atoms with van der Waals surface area (Å²) in [5.74, 6) is 0.00193. The molecule has 1 amide bonds. The summed E-state index contributed by atoms with van der Waals surface area (Å²) in [5, 5.41) is 2.58. The Kier molecular flexibility index (Phi) is 13.6. The van der Waals surface area contributed by atoms with Crippen molar-refractivity contribution in [2.24, 2.45) is 0 Å². The van der Waals surface area contributed by atoms with Crippen LogP contribution in [0.5, 0.6) is 0 Å². The van der Waals surface area contributed by atoms with E-state index in [4.69, 9.17) is 0 Å². The fourth-order valence-electron chi connectivity index (χ4n) is 2.02. The average Bonchev–Trinajstić information content (AvgIpc) is 2.39. The number of amides is 1. The summed E-state index contributed by atoms with van der Waals surface area (Å²) < 4.78 is 0. The van der Waals surface area contributed by atoms with Gasteiger partial charge in [-0.25, -0.2) is 0 Å². The Balaban J connectivity index is 3.07. The number of hydrogen-bond donors (Lipinski definition) is 1. The highest BCUT2D eigenvalue weighted by molar-refractivity contribution is 5.87. The first-order valence-electron chi connectivity index (χ1n) is 7.69. The van der Waals surface area contributed by atoms with Crippen LogP contribution in [0.3, 0.4) is 0 Å². The highest BCUT2D eigenvalue weighted by atomic mass is 16.1. The van der Waals surface area contributed by atoms with Gasteiger partial charge in [0.2, 0.25) is 5.91 Å². The summed E-state index contributed by atoms with van der Waals surface area (Å²) in [5.41, 5.74) is 0. The lowest BCUT2D eigenvalue weighted by Gasteiger charge is -2.01. The molecule has 0 radical (unpaired) electrons. The van der Waals surface area contributed by atoms with E-state index in [1.54, 1.807) is 13.1 Å². The molecule has 0 aromatic rings. The quantitative estimate of drug-likeness (QED) is 0.400. The minimum atomic E-state index is 0.00193. The summed E-state index contributed by atoms with van der Waals surface area (Å²) in [6.07, 6.45) is 18.3. The predicted molar refractivity (Wildman–Crippen MR) is 79.7 cm³/mol. The summed E-state index contributed by atoms with van der Waals surface area (Å²) in [7, 11) is 1.66. The normalized spacial score (nSPS) is 11.0. The third kappa shape index (κ3) is 13.3. The molecule has 2 heteroatoms. The minimum absolute atomic E-state index is 0.00193. The number of unbranched alkanes of at least 4 members (excludes halogenated alkanes) is 10. The molecule has 2 nitrogen and oxygen atoms in total. The summed E-state index contributed by atoms with van der Waals surface area (Å²) in [4.78, 5) is 10.9. The molecule has 0 aliphatic heterocycles. The van der Waals surface area contributed by atoms with E-state index in [-0.39, 0.29) is 5.91 Å². The van der Waals surface area contributed by atoms with E-state index < -0.39 is 0 Å². The van der Waals surface area contributed by atoms with Crippen LogP contribution >= 0.6 is 0 Å². The van der Waals surface area contributed by atoms with Gasteiger partial charge < -0.3 is 5.32 Å². The van der Waals surface area contributed by atoms with Crippen molar-refractivity contribution in [3.8, 4) is 0 Å². The third-order valence-electron chi connectivity index (χ3n) is 3.24. The summed E-state index contributed by atoms with van der Waals surface area (Å²) >= 11 is 0. The molecule has 0 atom stereocenters. The number of carbonyl (C=O) groups is 1. The lowest BCUT2D eigenvalue weighted by Crippen LogP contribution is -2.13. The molecule has 0 rings (SSSR count). The van der Waals surface area contributed by atoms with Gasteiger partial charge in [-0.3, -0.25) is 4.79 Å². The smallest absolute Gasteiger partial charge is 0.243 e. The Labute approximate surface area is 113 Å². The molecule has 106 valence electrons. The number of likely N-dealkylation sites (N-methyl/N-ethyl adjacent to an activating group) is 1. The Bertz CT molecular complexity index is 211. The number of nitrogens with one attached hydrogen (secondary N) is 1. The van der Waals surface area contributed by atoms with Crippen molar-refractivity contribution in [1.29, 1.82) is 0 Å². The standard InChI is InChI=1S/C16H31NO/c1-3-4-5-6-7-8-9-10-11-12-13-14-15-16(18)17-2/h14-15H,3-13H2,1-2H3,(H,17,18). The summed E-state index contributed by atoms with van der Waals surface area (Å²) in [6, 6.07) is 0. The molecule has 0 bridgehead atoms. The first-order valence-corrected chi connectivity index (χ1v) is 7.69. The minimum Gasteiger partial charge on any atom is -0.356 e. The second kappa shape index (κ2) is 14.3. The maximum absolute atomic E-state index is 10.9. The van der Waals surface area contributed by atoms with E-state index in [1.165, 1.54) is 64.2 Å². The van der Waals surface area contributed by atoms with Gasteiger partial charge in [-0.05, 0) is 18.9 Å². The van der Waals surface area contributed by atoms with Gasteiger partial charge in [-0.1, -0.05) is 70.8 Å². The molecule has 0 aliphatic carbocycles. The monoisotopic (exact) mass is 253 g/mol. The second-order valence-corrected chi connectivity index (χ2v) is 4.99. The first-order chi connectivity index (χ1) is 8.81. The zero-order valence-electron chi connectivity index (χ0n) is 12.3. The van der Waals surface area contributed by atoms with Crippen LogP contribution in [0.1, 0.15) is 77.6 Å². The van der Waals surface area contributed by atoms with Crippen molar-refractivity contribution in [2.45, 2.75) is 77.6 Å². The Morgan fingerprint density at radius 3 is 1.89 bits per heavy atom. The fraction of sp³-hybridized carbons (Fsp3) is 0.812. The molecule has 0 spiro atoms. The lowest BCUT2D eigenvalue weighted by atomic mass is 10.1. The zero-order chi connectivity index (χ0) is 13.5. The number of allylic oxidation sites excluding steroid dienone is 1. The molecule has 0 unspecified atom stereocenters. The molecular weight excluding hydrogens is 222 g/mol. The van der Waals surface area contributed by atoms with Crippen molar-refractivity contribution in [1.82, 2.24) is 5.32 Å². The van der Waals surface area contributed by atoms with Gasteiger partial charge in [0.05, 0.1) is 0 Å². The fourth-order valence-corrected chi connectivity index (χ4v) is 2.02. The largest absolute Gasteiger partial charge is 0.356 e. The van der Waals surface area contributed by atoms with Crippen LogP contribution in [0.15, 0.2) is 12.2 Å². The molecule has 0 saturated carbocycles. The molecule has 0 aliphatic rings. The van der Waals surface area contributed by atoms with Crippen LogP contribution in [0.25, 0.3) is 0 Å². The van der Waals surface area contributed by atoms with Crippen molar-refractivity contribution in [3.05, 3.63) is 12.2 Å². The van der Waals surface area contributed by atoms with E-state index in [0.29, 0.717) is 0 Å². The average molecular weight is 253 g/mol. The van der Waals surface area contributed by atoms with Gasteiger partial charge >= 0.3 is 0 Å². The number of hydrogen-bond acceptors (Lipinski definition) is 1. The Morgan fingerprint density at radius 1 is 0.889 bits per heavy atom. The topological polar surface area (TPSA) is 29.1 Å². The predicted octanol–water partition coefficient (Wildman–Crippen LogP) is 4.60. The van der Waals surface area contributed by atoms with Crippen LogP contribution in [-0.2, 0) is 4.79 Å². The van der Waals surface area contributed by atoms with Gasteiger partial charge in [0.15, 0.2) is 0 Å². The molecule has 0 heterocycles. The van der Waals surface area contributed by atoms with E-state index in [2.05, 4.69) is 12.2 Å². The van der Waals surface area contributed by atoms with Crippen LogP contribution in [0.4, 0.5) is 0 Å². The van der Waals surface area contributed by atoms with Gasteiger partial charge in [0.25, 0.3) is 0 Å². The van der Waals surface area contributed by atoms with Crippen molar-refractivity contribution in [3.63, 3.8) is 0 Å². The van der Waals surface area contributed by atoms with Crippen LogP contribution in [0.2, 0.25) is 0 Å². The summed E-state index contributed by atoms with van der Waals surface area (Å²) in [6.45, 7) is 2.26.